The molecule has 3 atom stereocenters. The number of nitrogens with one attached hydrogen (secondary N) is 1. The molecule has 380 valence electrons. The highest BCUT2D eigenvalue weighted by Crippen LogP contribution is 2.58. The summed E-state index contributed by atoms with van der Waals surface area (Å²) < 4.78 is 13.4. The van der Waals surface area contributed by atoms with Gasteiger partial charge in [-0.25, -0.2) is 0 Å². The van der Waals surface area contributed by atoms with Crippen molar-refractivity contribution in [3.05, 3.63) is 275 Å². The Hall–Kier alpha value is -7.53. The van der Waals surface area contributed by atoms with Gasteiger partial charge in [-0.15, -0.1) is 17.5 Å². The molecule has 5 aromatic carbocycles. The Balaban J connectivity index is 1.03. The molecular formula is C71H68N2O2S. The quantitative estimate of drug-likeness (QED) is 0.131. The highest BCUT2D eigenvalue weighted by molar-refractivity contribution is 8.00. The fourth-order valence-corrected chi connectivity index (χ4v) is 13.3. The van der Waals surface area contributed by atoms with Crippen LogP contribution in [0.4, 0.5) is 11.4 Å². The van der Waals surface area contributed by atoms with Gasteiger partial charge < -0.3 is 19.4 Å². The van der Waals surface area contributed by atoms with Crippen LogP contribution in [-0.4, -0.2) is 30.4 Å². The fraction of sp³-hybridized carbons (Fsp3) is 0.225. The van der Waals surface area contributed by atoms with Crippen LogP contribution in [0, 0.1) is 0 Å². The van der Waals surface area contributed by atoms with E-state index in [4.69, 9.17) is 9.15 Å². The number of rotatable bonds is 11. The number of para-hydroxylation sites is 1. The van der Waals surface area contributed by atoms with Crippen LogP contribution in [0.2, 0.25) is 0 Å². The number of hydrogen-bond acceptors (Lipinski definition) is 5. The molecular weight excluding hydrogens is 945 g/mol. The molecule has 3 aliphatic carbocycles. The average Bonchev–Trinajstić information content (AvgIpc) is 3.99. The molecule has 4 nitrogen and oxygen atoms in total. The molecule has 0 saturated carbocycles. The standard InChI is InChI=1S/C71H68N2O2S/c1-4-59-64(71(56-30-17-13-18-31-56,55-28-15-8-9-16-29-55)65-46-45-63-62-33-20-21-36-67(62)75-69(63)68(59)65)35-25-48-73(58-43-39-53(40-44-58)61-32-19-7-6-11-22-47-72-50-74-66(61)5-2)57-41-37-52(38-42-57)60-34-24-27-54-26-14-10-12-23-49-76-70(54)51(60)3/h8,10,12-18,20-25,27-47,66,70,72H,4-7,11,19,26,48-50H2,1-3H3/b14-10-,23-12-,35-25-,47-22-,61-32-. The lowest BCUT2D eigenvalue weighted by atomic mass is 9.66. The van der Waals surface area contributed by atoms with Crippen molar-refractivity contribution < 1.29 is 9.15 Å². The molecule has 5 aliphatic rings. The largest absolute Gasteiger partial charge is 0.455 e. The van der Waals surface area contributed by atoms with Crippen molar-refractivity contribution in [2.24, 2.45) is 0 Å². The first-order valence-electron chi connectivity index (χ1n) is 27.5. The van der Waals surface area contributed by atoms with Gasteiger partial charge >= 0.3 is 0 Å². The van der Waals surface area contributed by atoms with Gasteiger partial charge in [-0.1, -0.05) is 178 Å². The van der Waals surface area contributed by atoms with E-state index in [-0.39, 0.29) is 6.10 Å². The Kier molecular flexibility index (Phi) is 15.7. The Morgan fingerprint density at radius 2 is 1.55 bits per heavy atom. The summed E-state index contributed by atoms with van der Waals surface area (Å²) in [7, 11) is 0. The molecule has 3 unspecified atom stereocenters. The number of furan rings is 1. The molecule has 0 fully saturated rings. The Morgan fingerprint density at radius 1 is 0.763 bits per heavy atom. The number of nitrogens with zero attached hydrogens (tertiary/aromatic N) is 1. The second kappa shape index (κ2) is 23.6. The minimum atomic E-state index is -0.634. The lowest BCUT2D eigenvalue weighted by Crippen LogP contribution is -2.30. The summed E-state index contributed by atoms with van der Waals surface area (Å²) in [6.07, 6.45) is 45.1. The maximum absolute atomic E-state index is 6.92. The topological polar surface area (TPSA) is 37.6 Å². The highest BCUT2D eigenvalue weighted by Gasteiger charge is 2.48. The van der Waals surface area contributed by atoms with Crippen LogP contribution < -0.4 is 10.2 Å². The highest BCUT2D eigenvalue weighted by atomic mass is 32.2. The van der Waals surface area contributed by atoms with Crippen molar-refractivity contribution in [2.75, 3.05) is 23.9 Å². The summed E-state index contributed by atoms with van der Waals surface area (Å²) in [5.41, 5.74) is 22.1. The lowest BCUT2D eigenvalue weighted by Gasteiger charge is -2.36. The zero-order chi connectivity index (χ0) is 51.7. The van der Waals surface area contributed by atoms with Crippen LogP contribution in [-0.2, 0) is 10.2 Å². The van der Waals surface area contributed by atoms with Crippen molar-refractivity contribution >= 4 is 61.8 Å². The van der Waals surface area contributed by atoms with Crippen molar-refractivity contribution in [1.29, 1.82) is 0 Å². The van der Waals surface area contributed by atoms with Crippen LogP contribution >= 0.6 is 11.8 Å². The molecule has 1 N–H and O–H groups in total. The van der Waals surface area contributed by atoms with E-state index in [9.17, 15) is 0 Å². The van der Waals surface area contributed by atoms with Gasteiger partial charge in [0.15, 0.2) is 0 Å². The summed E-state index contributed by atoms with van der Waals surface area (Å²) in [6, 6.07) is 42.7. The Morgan fingerprint density at radius 3 is 2.38 bits per heavy atom. The summed E-state index contributed by atoms with van der Waals surface area (Å²) in [5, 5.41) is 5.96. The van der Waals surface area contributed by atoms with Crippen molar-refractivity contribution in [3.63, 3.8) is 0 Å². The molecule has 5 heteroatoms. The van der Waals surface area contributed by atoms with Crippen LogP contribution in [0.1, 0.15) is 93.5 Å². The van der Waals surface area contributed by atoms with Gasteiger partial charge in [0.05, 0.1) is 11.5 Å². The minimum absolute atomic E-state index is 0.00928. The molecule has 11 rings (SSSR count). The number of benzene rings is 5. The molecule has 0 saturated heterocycles. The zero-order valence-electron chi connectivity index (χ0n) is 44.2. The van der Waals surface area contributed by atoms with Gasteiger partial charge in [0.25, 0.3) is 0 Å². The predicted octanol–water partition coefficient (Wildman–Crippen LogP) is 18.4. The number of anilines is 2. The molecule has 1 aromatic heterocycles. The third-order valence-electron chi connectivity index (χ3n) is 15.7. The monoisotopic (exact) mass is 1010 g/mol. The zero-order valence-corrected chi connectivity index (χ0v) is 45.0. The van der Waals surface area contributed by atoms with Gasteiger partial charge in [-0.3, -0.25) is 0 Å². The number of thioether (sulfide) groups is 1. The molecule has 0 amide bonds. The van der Waals surface area contributed by atoms with E-state index < -0.39 is 5.41 Å². The molecule has 0 bridgehead atoms. The van der Waals surface area contributed by atoms with Crippen LogP contribution in [0.3, 0.4) is 0 Å². The minimum Gasteiger partial charge on any atom is -0.455 e. The van der Waals surface area contributed by atoms with Gasteiger partial charge in [0.1, 0.15) is 17.9 Å². The van der Waals surface area contributed by atoms with E-state index in [0.717, 1.165) is 77.6 Å². The average molecular weight is 1010 g/mol. The third kappa shape index (κ3) is 10.0. The Labute approximate surface area is 454 Å². The van der Waals surface area contributed by atoms with Gasteiger partial charge in [0.2, 0.25) is 0 Å². The normalized spacial score (nSPS) is 22.9. The van der Waals surface area contributed by atoms with Crippen molar-refractivity contribution in [1.82, 2.24) is 5.32 Å². The van der Waals surface area contributed by atoms with Crippen LogP contribution in [0.5, 0.6) is 0 Å². The van der Waals surface area contributed by atoms with E-state index in [0.29, 0.717) is 18.5 Å². The van der Waals surface area contributed by atoms with E-state index in [1.165, 1.54) is 73.2 Å². The first kappa shape index (κ1) is 50.6. The first-order chi connectivity index (χ1) is 37.6. The molecule has 0 radical (unpaired) electrons. The number of ether oxygens (including phenoxy) is 1. The molecule has 0 spiro atoms. The van der Waals surface area contributed by atoms with Crippen molar-refractivity contribution in [3.8, 4) is 0 Å². The lowest BCUT2D eigenvalue weighted by molar-refractivity contribution is 0.0814. The number of hydrogen-bond donors (Lipinski definition) is 1. The van der Waals surface area contributed by atoms with E-state index >= 15 is 0 Å². The SMILES string of the molecule is CCC1=C(/C=C\CN(c2ccc(C3=C(C)C4SC/C=C\C=C/CC4=CC=C3)cc2)c2ccc(/C3=C/CCCC/C=C\NCOC3CC)cc2)C(C2=CC=C=CC=C2)(c2ccccc2)c2ccc3c(oc4ccccc43)c21. The molecule has 6 aromatic rings. The molecule has 3 heterocycles. The van der Waals surface area contributed by atoms with Gasteiger partial charge in [0, 0.05) is 45.3 Å². The van der Waals surface area contributed by atoms with E-state index in [1.807, 2.05) is 24.0 Å². The summed E-state index contributed by atoms with van der Waals surface area (Å²) in [5.74, 6) is 0.984. The second-order valence-electron chi connectivity index (χ2n) is 20.1. The van der Waals surface area contributed by atoms with Crippen molar-refractivity contribution in [2.45, 2.75) is 82.5 Å². The van der Waals surface area contributed by atoms with Gasteiger partial charge in [-0.05, 0) is 168 Å². The fourth-order valence-electron chi connectivity index (χ4n) is 12.1. The number of fused-ring (bicyclic) bond motifs is 6. The maximum atomic E-state index is 6.92. The maximum Gasteiger partial charge on any atom is 0.143 e. The Bertz CT molecular complexity index is 3520. The molecule has 2 aliphatic heterocycles. The van der Waals surface area contributed by atoms with E-state index in [2.05, 4.69) is 243 Å². The summed E-state index contributed by atoms with van der Waals surface area (Å²) in [4.78, 5) is 2.47. The summed E-state index contributed by atoms with van der Waals surface area (Å²) >= 11 is 2.02. The smallest absolute Gasteiger partial charge is 0.143 e. The van der Waals surface area contributed by atoms with Gasteiger partial charge in [-0.2, -0.15) is 0 Å². The van der Waals surface area contributed by atoms with E-state index in [1.54, 1.807) is 0 Å². The second-order valence-corrected chi connectivity index (χ2v) is 21.3. The predicted molar refractivity (Wildman–Crippen MR) is 325 cm³/mol. The first-order valence-corrected chi connectivity index (χ1v) is 28.5. The van der Waals surface area contributed by atoms with Crippen LogP contribution in [0.25, 0.3) is 38.7 Å². The summed E-state index contributed by atoms with van der Waals surface area (Å²) in [6.45, 7) is 7.97. The van der Waals surface area contributed by atoms with Crippen LogP contribution in [0.15, 0.2) is 251 Å². The third-order valence-corrected chi connectivity index (χ3v) is 17.1. The molecule has 76 heavy (non-hydrogen) atoms. The number of allylic oxidation sites excluding steroid dienone is 17.